The summed E-state index contributed by atoms with van der Waals surface area (Å²) in [5, 5.41) is 0. The number of aromatic nitrogens is 1. The second kappa shape index (κ2) is 6.50. The van der Waals surface area contributed by atoms with Gasteiger partial charge in [-0.05, 0) is 53.2 Å². The first kappa shape index (κ1) is 14.5. The van der Waals surface area contributed by atoms with Gasteiger partial charge in [-0.2, -0.15) is 0 Å². The highest BCUT2D eigenvalue weighted by atomic mass is 79.9. The molecule has 0 spiro atoms. The van der Waals surface area contributed by atoms with Gasteiger partial charge in [-0.15, -0.1) is 0 Å². The Labute approximate surface area is 129 Å². The highest BCUT2D eigenvalue weighted by Gasteiger charge is 2.09. The third kappa shape index (κ3) is 4.03. The van der Waals surface area contributed by atoms with E-state index in [-0.39, 0.29) is 6.04 Å². The van der Waals surface area contributed by atoms with Crippen LogP contribution in [0.3, 0.4) is 0 Å². The Morgan fingerprint density at radius 2 is 1.95 bits per heavy atom. The number of nitrogens with zero attached hydrogens (tertiary/aromatic N) is 1. The molecule has 0 radical (unpaired) electrons. The highest BCUT2D eigenvalue weighted by Crippen LogP contribution is 2.28. The van der Waals surface area contributed by atoms with Crippen LogP contribution in [-0.4, -0.2) is 4.98 Å². The van der Waals surface area contributed by atoms with E-state index in [0.29, 0.717) is 6.61 Å². The average Bonchev–Trinajstić information content (AvgIpc) is 2.39. The molecule has 100 valence electrons. The van der Waals surface area contributed by atoms with Crippen LogP contribution < -0.4 is 10.5 Å². The minimum Gasteiger partial charge on any atom is -0.487 e. The molecule has 1 heterocycles. The fourth-order valence-corrected chi connectivity index (χ4v) is 2.26. The first-order valence-electron chi connectivity index (χ1n) is 5.84. The predicted octanol–water partition coefficient (Wildman–Crippen LogP) is 4.21. The molecule has 3 nitrogen and oxygen atoms in total. The zero-order valence-electron chi connectivity index (χ0n) is 10.4. The molecule has 1 unspecified atom stereocenters. The van der Waals surface area contributed by atoms with E-state index in [1.807, 2.05) is 37.3 Å². The third-order valence-corrected chi connectivity index (χ3v) is 3.59. The smallest absolute Gasteiger partial charge is 0.130 e. The second-order valence-electron chi connectivity index (χ2n) is 4.23. The Kier molecular flexibility index (Phi) is 4.96. The first-order valence-corrected chi connectivity index (χ1v) is 7.43. The zero-order valence-corrected chi connectivity index (χ0v) is 13.6. The van der Waals surface area contributed by atoms with Gasteiger partial charge in [0.2, 0.25) is 0 Å². The van der Waals surface area contributed by atoms with Crippen molar-refractivity contribution in [2.75, 3.05) is 0 Å². The summed E-state index contributed by atoms with van der Waals surface area (Å²) in [7, 11) is 0. The molecule has 2 rings (SSSR count). The maximum atomic E-state index is 5.95. The molecule has 2 aromatic rings. The predicted molar refractivity (Wildman–Crippen MR) is 83.0 cm³/mol. The van der Waals surface area contributed by atoms with E-state index in [2.05, 4.69) is 36.8 Å². The molecule has 0 aliphatic heterocycles. The maximum Gasteiger partial charge on any atom is 0.130 e. The van der Waals surface area contributed by atoms with Gasteiger partial charge in [-0.25, -0.2) is 0 Å². The molecule has 0 amide bonds. The second-order valence-corrected chi connectivity index (χ2v) is 6.06. The largest absolute Gasteiger partial charge is 0.487 e. The number of hydrogen-bond donors (Lipinski definition) is 1. The number of hydrogen-bond acceptors (Lipinski definition) is 3. The molecule has 0 aliphatic carbocycles. The standard InChI is InChI=1S/C14H14Br2N2O/c1-9(17)13-6-10(15)3-5-14(13)19-8-12-4-2-11(16)7-18-12/h2-7,9H,8,17H2,1H3. The lowest BCUT2D eigenvalue weighted by molar-refractivity contribution is 0.296. The molecule has 1 aromatic heterocycles. The molecule has 0 aliphatic rings. The number of ether oxygens (including phenoxy) is 1. The molecule has 0 fully saturated rings. The van der Waals surface area contributed by atoms with Crippen molar-refractivity contribution in [3.8, 4) is 5.75 Å². The summed E-state index contributed by atoms with van der Waals surface area (Å²) in [5.41, 5.74) is 7.80. The lowest BCUT2D eigenvalue weighted by atomic mass is 10.1. The van der Waals surface area contributed by atoms with E-state index < -0.39 is 0 Å². The van der Waals surface area contributed by atoms with Crippen molar-refractivity contribution in [1.29, 1.82) is 0 Å². The van der Waals surface area contributed by atoms with Gasteiger partial charge in [0, 0.05) is 26.7 Å². The molecule has 0 saturated carbocycles. The number of halogens is 2. The van der Waals surface area contributed by atoms with Gasteiger partial charge in [-0.3, -0.25) is 4.98 Å². The van der Waals surface area contributed by atoms with E-state index in [0.717, 1.165) is 26.0 Å². The van der Waals surface area contributed by atoms with Crippen LogP contribution in [0.4, 0.5) is 0 Å². The first-order chi connectivity index (χ1) is 9.06. The van der Waals surface area contributed by atoms with Crippen LogP contribution in [0, 0.1) is 0 Å². The van der Waals surface area contributed by atoms with Crippen molar-refractivity contribution in [3.05, 3.63) is 56.7 Å². The summed E-state index contributed by atoms with van der Waals surface area (Å²) in [6.07, 6.45) is 1.76. The van der Waals surface area contributed by atoms with Crippen LogP contribution in [0.25, 0.3) is 0 Å². The number of rotatable bonds is 4. The summed E-state index contributed by atoms with van der Waals surface area (Å²) >= 11 is 6.79. The van der Waals surface area contributed by atoms with Crippen LogP contribution in [0.15, 0.2) is 45.5 Å². The van der Waals surface area contributed by atoms with Crippen LogP contribution in [0.5, 0.6) is 5.75 Å². The van der Waals surface area contributed by atoms with E-state index in [4.69, 9.17) is 10.5 Å². The maximum absolute atomic E-state index is 5.95. The Hall–Kier alpha value is -0.910. The Bertz CT molecular complexity index is 556. The minimum absolute atomic E-state index is 0.0784. The number of nitrogens with two attached hydrogens (primary N) is 1. The summed E-state index contributed by atoms with van der Waals surface area (Å²) in [5.74, 6) is 0.794. The van der Waals surface area contributed by atoms with Gasteiger partial charge >= 0.3 is 0 Å². The Morgan fingerprint density at radius 3 is 2.58 bits per heavy atom. The Morgan fingerprint density at radius 1 is 1.21 bits per heavy atom. The van der Waals surface area contributed by atoms with Gasteiger partial charge < -0.3 is 10.5 Å². The highest BCUT2D eigenvalue weighted by molar-refractivity contribution is 9.10. The van der Waals surface area contributed by atoms with Gasteiger partial charge in [0.15, 0.2) is 0 Å². The van der Waals surface area contributed by atoms with Gasteiger partial charge in [0.25, 0.3) is 0 Å². The summed E-state index contributed by atoms with van der Waals surface area (Å²) < 4.78 is 7.75. The fraction of sp³-hybridized carbons (Fsp3) is 0.214. The van der Waals surface area contributed by atoms with Crippen LogP contribution >= 0.6 is 31.9 Å². The van der Waals surface area contributed by atoms with Crippen molar-refractivity contribution in [2.45, 2.75) is 19.6 Å². The van der Waals surface area contributed by atoms with E-state index >= 15 is 0 Å². The minimum atomic E-state index is -0.0784. The van der Waals surface area contributed by atoms with Crippen molar-refractivity contribution in [2.24, 2.45) is 5.73 Å². The van der Waals surface area contributed by atoms with Crippen LogP contribution in [0.2, 0.25) is 0 Å². The fourth-order valence-electron chi connectivity index (χ4n) is 1.65. The summed E-state index contributed by atoms with van der Waals surface area (Å²) in [6.45, 7) is 2.36. The Balaban J connectivity index is 2.13. The topological polar surface area (TPSA) is 48.1 Å². The lowest BCUT2D eigenvalue weighted by Crippen LogP contribution is -2.08. The molecule has 5 heteroatoms. The molecule has 19 heavy (non-hydrogen) atoms. The van der Waals surface area contributed by atoms with E-state index in [1.54, 1.807) is 6.20 Å². The monoisotopic (exact) mass is 384 g/mol. The van der Waals surface area contributed by atoms with Crippen molar-refractivity contribution < 1.29 is 4.74 Å². The molecule has 0 bridgehead atoms. The molecule has 2 N–H and O–H groups in total. The molecule has 1 aromatic carbocycles. The summed E-state index contributed by atoms with van der Waals surface area (Å²) in [4.78, 5) is 4.27. The van der Waals surface area contributed by atoms with Crippen molar-refractivity contribution in [1.82, 2.24) is 4.98 Å². The van der Waals surface area contributed by atoms with Gasteiger partial charge in [0.1, 0.15) is 12.4 Å². The normalized spacial score (nSPS) is 12.2. The van der Waals surface area contributed by atoms with E-state index in [9.17, 15) is 0 Å². The molecule has 0 saturated heterocycles. The number of pyridine rings is 1. The van der Waals surface area contributed by atoms with Gasteiger partial charge in [-0.1, -0.05) is 15.9 Å². The third-order valence-electron chi connectivity index (χ3n) is 2.63. The SMILES string of the molecule is CC(N)c1cc(Br)ccc1OCc1ccc(Br)cn1. The zero-order chi connectivity index (χ0) is 13.8. The molecular formula is C14H14Br2N2O. The van der Waals surface area contributed by atoms with Crippen LogP contribution in [-0.2, 0) is 6.61 Å². The molecule has 1 atom stereocenters. The molecular weight excluding hydrogens is 372 g/mol. The average molecular weight is 386 g/mol. The lowest BCUT2D eigenvalue weighted by Gasteiger charge is -2.14. The van der Waals surface area contributed by atoms with E-state index in [1.165, 1.54) is 0 Å². The summed E-state index contributed by atoms with van der Waals surface area (Å²) in [6, 6.07) is 9.63. The number of benzene rings is 1. The van der Waals surface area contributed by atoms with Gasteiger partial charge in [0.05, 0.1) is 5.69 Å². The van der Waals surface area contributed by atoms with Crippen molar-refractivity contribution >= 4 is 31.9 Å². The van der Waals surface area contributed by atoms with Crippen molar-refractivity contribution in [3.63, 3.8) is 0 Å². The quantitative estimate of drug-likeness (QED) is 0.857. The van der Waals surface area contributed by atoms with Crippen LogP contribution in [0.1, 0.15) is 24.2 Å².